The van der Waals surface area contributed by atoms with Crippen LogP contribution in [-0.2, 0) is 0 Å². The Morgan fingerprint density at radius 2 is 2.07 bits per heavy atom. The van der Waals surface area contributed by atoms with Gasteiger partial charge in [0.2, 0.25) is 0 Å². The van der Waals surface area contributed by atoms with Crippen LogP contribution >= 0.6 is 0 Å². The normalized spacial score (nSPS) is 30.2. The summed E-state index contributed by atoms with van der Waals surface area (Å²) in [5.74, 6) is 0.745. The number of aliphatic hydroxyl groups is 1. The predicted molar refractivity (Wildman–Crippen MR) is 60.3 cm³/mol. The maximum absolute atomic E-state index is 9.75. The zero-order valence-electron chi connectivity index (χ0n) is 9.63. The number of aliphatic hydroxyl groups excluding tert-OH is 1. The van der Waals surface area contributed by atoms with Crippen LogP contribution in [0.3, 0.4) is 0 Å². The lowest BCUT2D eigenvalue weighted by Crippen LogP contribution is -2.43. The van der Waals surface area contributed by atoms with Crippen LogP contribution in [0.15, 0.2) is 0 Å². The summed E-state index contributed by atoms with van der Waals surface area (Å²) < 4.78 is 0. The highest BCUT2D eigenvalue weighted by Gasteiger charge is 2.22. The van der Waals surface area contributed by atoms with E-state index in [9.17, 15) is 5.11 Å². The minimum Gasteiger partial charge on any atom is -0.392 e. The monoisotopic (exact) mass is 199 g/mol. The second kappa shape index (κ2) is 6.41. The molecule has 1 aliphatic rings. The van der Waals surface area contributed by atoms with E-state index in [1.807, 2.05) is 0 Å². The molecule has 0 aromatic rings. The average molecular weight is 199 g/mol. The molecule has 1 saturated carbocycles. The molecule has 0 amide bonds. The molecule has 0 aromatic carbocycles. The second-order valence-corrected chi connectivity index (χ2v) is 4.76. The molecule has 0 aliphatic heterocycles. The summed E-state index contributed by atoms with van der Waals surface area (Å²) in [4.78, 5) is 0. The number of nitrogens with one attached hydrogen (secondary N) is 1. The smallest absolute Gasteiger partial charge is 0.0693 e. The molecule has 0 bridgehead atoms. The van der Waals surface area contributed by atoms with Crippen molar-refractivity contribution in [1.29, 1.82) is 0 Å². The Balaban J connectivity index is 2.15. The molecule has 0 heterocycles. The van der Waals surface area contributed by atoms with Crippen molar-refractivity contribution in [2.24, 2.45) is 5.92 Å². The minimum absolute atomic E-state index is 0.0995. The van der Waals surface area contributed by atoms with Crippen molar-refractivity contribution in [2.45, 2.75) is 64.5 Å². The van der Waals surface area contributed by atoms with Gasteiger partial charge in [0.05, 0.1) is 6.10 Å². The van der Waals surface area contributed by atoms with E-state index in [1.54, 1.807) is 0 Å². The molecule has 1 fully saturated rings. The van der Waals surface area contributed by atoms with Crippen LogP contribution in [0.2, 0.25) is 0 Å². The highest BCUT2D eigenvalue weighted by Crippen LogP contribution is 2.18. The van der Waals surface area contributed by atoms with E-state index >= 15 is 0 Å². The summed E-state index contributed by atoms with van der Waals surface area (Å²) >= 11 is 0. The van der Waals surface area contributed by atoms with Crippen LogP contribution in [0.1, 0.15) is 52.4 Å². The van der Waals surface area contributed by atoms with Gasteiger partial charge in [-0.2, -0.15) is 0 Å². The molecule has 0 radical (unpaired) electrons. The van der Waals surface area contributed by atoms with E-state index in [1.165, 1.54) is 25.7 Å². The molecule has 2 heteroatoms. The first-order valence-electron chi connectivity index (χ1n) is 6.15. The summed E-state index contributed by atoms with van der Waals surface area (Å²) in [6.45, 7) is 5.58. The SMILES string of the molecule is CCC[C@@H](C)CN[C@@H]1CCCC[C@@H]1O. The van der Waals surface area contributed by atoms with Gasteiger partial charge in [0.1, 0.15) is 0 Å². The van der Waals surface area contributed by atoms with Crippen molar-refractivity contribution in [3.05, 3.63) is 0 Å². The van der Waals surface area contributed by atoms with Crippen LogP contribution in [0.4, 0.5) is 0 Å². The molecule has 1 aliphatic carbocycles. The van der Waals surface area contributed by atoms with E-state index in [4.69, 9.17) is 0 Å². The lowest BCUT2D eigenvalue weighted by atomic mass is 9.92. The fourth-order valence-electron chi connectivity index (χ4n) is 2.30. The van der Waals surface area contributed by atoms with Gasteiger partial charge < -0.3 is 10.4 Å². The Bertz CT molecular complexity index is 149. The minimum atomic E-state index is -0.0995. The van der Waals surface area contributed by atoms with Crippen LogP contribution in [0, 0.1) is 5.92 Å². The first kappa shape index (κ1) is 12.0. The van der Waals surface area contributed by atoms with E-state index < -0.39 is 0 Å². The van der Waals surface area contributed by atoms with Crippen molar-refractivity contribution in [2.75, 3.05) is 6.54 Å². The van der Waals surface area contributed by atoms with Crippen LogP contribution in [0.5, 0.6) is 0 Å². The average Bonchev–Trinajstić information content (AvgIpc) is 2.17. The van der Waals surface area contributed by atoms with Crippen molar-refractivity contribution in [3.8, 4) is 0 Å². The maximum atomic E-state index is 9.75. The molecule has 0 saturated heterocycles. The zero-order valence-corrected chi connectivity index (χ0v) is 9.63. The molecule has 14 heavy (non-hydrogen) atoms. The summed E-state index contributed by atoms with van der Waals surface area (Å²) in [7, 11) is 0. The Morgan fingerprint density at radius 3 is 2.71 bits per heavy atom. The van der Waals surface area contributed by atoms with Crippen molar-refractivity contribution in [3.63, 3.8) is 0 Å². The largest absolute Gasteiger partial charge is 0.392 e. The summed E-state index contributed by atoms with van der Waals surface area (Å²) in [6, 6.07) is 0.364. The number of hydrogen-bond donors (Lipinski definition) is 2. The Morgan fingerprint density at radius 1 is 1.36 bits per heavy atom. The molecule has 0 unspecified atom stereocenters. The highest BCUT2D eigenvalue weighted by atomic mass is 16.3. The van der Waals surface area contributed by atoms with Gasteiger partial charge in [0.25, 0.3) is 0 Å². The van der Waals surface area contributed by atoms with Gasteiger partial charge in [-0.15, -0.1) is 0 Å². The van der Waals surface area contributed by atoms with Crippen LogP contribution in [-0.4, -0.2) is 23.8 Å². The molecule has 1 rings (SSSR count). The second-order valence-electron chi connectivity index (χ2n) is 4.76. The predicted octanol–water partition coefficient (Wildman–Crippen LogP) is 2.32. The Hall–Kier alpha value is -0.0800. The molecule has 2 nitrogen and oxygen atoms in total. The zero-order chi connectivity index (χ0) is 10.4. The molecule has 0 aromatic heterocycles. The third-order valence-electron chi connectivity index (χ3n) is 3.24. The quantitative estimate of drug-likeness (QED) is 0.712. The number of rotatable bonds is 5. The number of hydrogen-bond acceptors (Lipinski definition) is 2. The third kappa shape index (κ3) is 3.97. The molecule has 84 valence electrons. The van der Waals surface area contributed by atoms with E-state index in [0.717, 1.165) is 25.3 Å². The standard InChI is InChI=1S/C12H25NO/c1-3-6-10(2)9-13-11-7-4-5-8-12(11)14/h10-14H,3-9H2,1-2H3/t10-,11-,12+/m1/s1. The third-order valence-corrected chi connectivity index (χ3v) is 3.24. The highest BCUT2D eigenvalue weighted by molar-refractivity contribution is 4.80. The molecule has 3 atom stereocenters. The van der Waals surface area contributed by atoms with Crippen LogP contribution in [0.25, 0.3) is 0 Å². The molecule has 0 spiro atoms. The first-order chi connectivity index (χ1) is 6.74. The van der Waals surface area contributed by atoms with Gasteiger partial charge in [-0.25, -0.2) is 0 Å². The van der Waals surface area contributed by atoms with Crippen molar-refractivity contribution >= 4 is 0 Å². The van der Waals surface area contributed by atoms with Gasteiger partial charge in [-0.1, -0.05) is 33.1 Å². The fraction of sp³-hybridized carbons (Fsp3) is 1.00. The topological polar surface area (TPSA) is 32.3 Å². The lowest BCUT2D eigenvalue weighted by Gasteiger charge is -2.29. The fourth-order valence-corrected chi connectivity index (χ4v) is 2.30. The first-order valence-corrected chi connectivity index (χ1v) is 6.15. The molecular formula is C12H25NO. The summed E-state index contributed by atoms with van der Waals surface area (Å²) in [6.07, 6.45) is 7.06. The molecule has 2 N–H and O–H groups in total. The van der Waals surface area contributed by atoms with Gasteiger partial charge in [-0.3, -0.25) is 0 Å². The summed E-state index contributed by atoms with van der Waals surface area (Å²) in [5, 5.41) is 13.3. The van der Waals surface area contributed by atoms with Gasteiger partial charge >= 0.3 is 0 Å². The van der Waals surface area contributed by atoms with Crippen molar-refractivity contribution in [1.82, 2.24) is 5.32 Å². The van der Waals surface area contributed by atoms with Gasteiger partial charge in [0, 0.05) is 6.04 Å². The van der Waals surface area contributed by atoms with Gasteiger partial charge in [0.15, 0.2) is 0 Å². The van der Waals surface area contributed by atoms with E-state index in [2.05, 4.69) is 19.2 Å². The van der Waals surface area contributed by atoms with Crippen molar-refractivity contribution < 1.29 is 5.11 Å². The Kier molecular flexibility index (Phi) is 5.49. The molecular weight excluding hydrogens is 174 g/mol. The van der Waals surface area contributed by atoms with E-state index in [0.29, 0.717) is 6.04 Å². The Labute approximate surface area is 88.1 Å². The maximum Gasteiger partial charge on any atom is 0.0693 e. The lowest BCUT2D eigenvalue weighted by molar-refractivity contribution is 0.0890. The van der Waals surface area contributed by atoms with Crippen LogP contribution < -0.4 is 5.32 Å². The summed E-state index contributed by atoms with van der Waals surface area (Å²) in [5.41, 5.74) is 0. The van der Waals surface area contributed by atoms with E-state index in [-0.39, 0.29) is 6.10 Å². The van der Waals surface area contributed by atoms with Gasteiger partial charge in [-0.05, 0) is 31.7 Å².